The maximum Gasteiger partial charge on any atom is 0.613 e. The van der Waals surface area contributed by atoms with Gasteiger partial charge in [-0.15, -0.1) is 4.52 Å². The van der Waals surface area contributed by atoms with Gasteiger partial charge in [0.25, 0.3) is 0 Å². The molecule has 22 heavy (non-hydrogen) atoms. The summed E-state index contributed by atoms with van der Waals surface area (Å²) in [5.41, 5.74) is -1.89. The predicted octanol–water partition coefficient (Wildman–Crippen LogP) is 1.47. The predicted molar refractivity (Wildman–Crippen MR) is 77.2 cm³/mol. The van der Waals surface area contributed by atoms with Crippen LogP contribution in [-0.4, -0.2) is 53.8 Å². The molecule has 7 nitrogen and oxygen atoms in total. The topological polar surface area (TPSA) is 94.1 Å². The molecule has 1 unspecified atom stereocenters. The van der Waals surface area contributed by atoms with Gasteiger partial charge in [0.2, 0.25) is 0 Å². The molecule has 1 fully saturated rings. The number of carbonyl (C=O) groups excluding carboxylic acids is 1. The normalized spacial score (nSPS) is 33.8. The van der Waals surface area contributed by atoms with Crippen molar-refractivity contribution < 1.29 is 32.9 Å². The van der Waals surface area contributed by atoms with Gasteiger partial charge in [0.1, 0.15) is 24.9 Å². The molecule has 0 amide bonds. The average molecular weight is 340 g/mol. The second kappa shape index (κ2) is 7.75. The number of aliphatic hydroxyl groups is 1. The minimum atomic E-state index is -2.37. The lowest BCUT2D eigenvalue weighted by atomic mass is 9.96. The Bertz CT molecular complexity index is 419. The summed E-state index contributed by atoms with van der Waals surface area (Å²) < 4.78 is 41.0. The van der Waals surface area contributed by atoms with E-state index in [1.807, 2.05) is 0 Å². The lowest BCUT2D eigenvalue weighted by Crippen LogP contribution is -2.41. The molecule has 0 radical (unpaired) electrons. The Kier molecular flexibility index (Phi) is 6.83. The van der Waals surface area contributed by atoms with Crippen LogP contribution in [0.4, 0.5) is 4.39 Å². The lowest BCUT2D eigenvalue weighted by Gasteiger charge is -2.20. The van der Waals surface area contributed by atoms with Crippen LogP contribution in [-0.2, 0) is 23.4 Å². The summed E-state index contributed by atoms with van der Waals surface area (Å²) in [6.07, 6.45) is -3.35. The Morgan fingerprint density at radius 1 is 1.50 bits per heavy atom. The number of esters is 1. The Hall–Kier alpha value is -0.660. The van der Waals surface area contributed by atoms with E-state index >= 15 is 0 Å². The van der Waals surface area contributed by atoms with Crippen molar-refractivity contribution in [1.29, 1.82) is 0 Å². The molecule has 0 aromatic heterocycles. The van der Waals surface area contributed by atoms with Crippen LogP contribution in [0, 0.1) is 0 Å². The van der Waals surface area contributed by atoms with Crippen molar-refractivity contribution in [2.45, 2.75) is 70.7 Å². The minimum absolute atomic E-state index is 0.251. The van der Waals surface area contributed by atoms with Crippen molar-refractivity contribution >= 4 is 14.1 Å². The highest BCUT2D eigenvalue weighted by Crippen LogP contribution is 2.35. The van der Waals surface area contributed by atoms with Crippen LogP contribution in [0.2, 0.25) is 0 Å². The van der Waals surface area contributed by atoms with Crippen LogP contribution in [0.15, 0.2) is 0 Å². The largest absolute Gasteiger partial charge is 0.613 e. The first-order valence-electron chi connectivity index (χ1n) is 7.15. The number of carbonyl (C=O) groups is 1. The summed E-state index contributed by atoms with van der Waals surface area (Å²) in [5, 5.41) is 12.2. The molecular weight excluding hydrogens is 316 g/mol. The number of nitrogens with one attached hydrogen (secondary N) is 1. The maximum absolute atomic E-state index is 14.0. The van der Waals surface area contributed by atoms with E-state index in [9.17, 15) is 18.9 Å². The first kappa shape index (κ1) is 19.4. The van der Waals surface area contributed by atoms with E-state index in [-0.39, 0.29) is 12.7 Å². The molecule has 0 bridgehead atoms. The number of hydrogen-bond acceptors (Lipinski definition) is 6. The van der Waals surface area contributed by atoms with E-state index in [2.05, 4.69) is 5.09 Å². The smallest absolute Gasteiger partial charge is 0.462 e. The number of aliphatic hydroxyl groups excluding tert-OH is 1. The van der Waals surface area contributed by atoms with Crippen LogP contribution in [0.1, 0.15) is 34.6 Å². The van der Waals surface area contributed by atoms with Crippen molar-refractivity contribution in [3.8, 4) is 0 Å². The summed E-state index contributed by atoms with van der Waals surface area (Å²) in [5.74, 6) is -0.552. The molecule has 0 aromatic rings. The van der Waals surface area contributed by atoms with Gasteiger partial charge in [-0.1, -0.05) is 5.09 Å². The first-order valence-corrected chi connectivity index (χ1v) is 8.32. The van der Waals surface area contributed by atoms with Gasteiger partial charge in [0, 0.05) is 0 Å². The highest BCUT2D eigenvalue weighted by Gasteiger charge is 2.52. The monoisotopic (exact) mass is 340 g/mol. The molecule has 1 aliphatic heterocycles. The van der Waals surface area contributed by atoms with E-state index in [4.69, 9.17) is 14.0 Å². The summed E-state index contributed by atoms with van der Waals surface area (Å²) in [7, 11) is -2.37. The first-order chi connectivity index (χ1) is 10.1. The summed E-state index contributed by atoms with van der Waals surface area (Å²) in [6, 6.07) is -0.814. The third-order valence-electron chi connectivity index (χ3n) is 3.46. The fourth-order valence-electron chi connectivity index (χ4n) is 1.93. The zero-order valence-electron chi connectivity index (χ0n) is 13.4. The standard InChI is InChI=1S/C13H24FNO6P/c1-7(2)20-12(17)8(3)15-22(18)19-6-10-11(16)13(5,14)9(4)21-10/h7-11,16H,6H2,1-5H3,(H,15,18)/q+1/t8-,9-,10+,11+,13-/m0/s1. The molecule has 9 heteroatoms. The van der Waals surface area contributed by atoms with Crippen LogP contribution in [0.25, 0.3) is 0 Å². The second-order valence-corrected chi connectivity index (χ2v) is 6.83. The summed E-state index contributed by atoms with van der Waals surface area (Å²) >= 11 is 0. The van der Waals surface area contributed by atoms with Crippen molar-refractivity contribution in [1.82, 2.24) is 5.09 Å². The molecule has 0 aromatic carbocycles. The zero-order chi connectivity index (χ0) is 17.1. The van der Waals surface area contributed by atoms with Gasteiger partial charge in [-0.2, -0.15) is 0 Å². The molecule has 0 aliphatic carbocycles. The zero-order valence-corrected chi connectivity index (χ0v) is 14.3. The molecule has 2 N–H and O–H groups in total. The molecule has 6 atom stereocenters. The van der Waals surface area contributed by atoms with E-state index in [1.165, 1.54) is 20.8 Å². The van der Waals surface area contributed by atoms with Crippen LogP contribution >= 0.6 is 8.18 Å². The molecule has 128 valence electrons. The van der Waals surface area contributed by atoms with Gasteiger partial charge in [0.15, 0.2) is 5.67 Å². The van der Waals surface area contributed by atoms with Gasteiger partial charge < -0.3 is 14.6 Å². The van der Waals surface area contributed by atoms with E-state index in [0.717, 1.165) is 0 Å². The summed E-state index contributed by atoms with van der Waals surface area (Å²) in [6.45, 7) is 7.39. The Balaban J connectivity index is 2.39. The number of halogens is 1. The third kappa shape index (κ3) is 4.93. The number of hydrogen-bond donors (Lipinski definition) is 2. The van der Waals surface area contributed by atoms with Crippen LogP contribution in [0.5, 0.6) is 0 Å². The Labute approximate surface area is 130 Å². The molecular formula is C13H24FNO6P+. The molecule has 1 aliphatic rings. The Morgan fingerprint density at radius 3 is 2.55 bits per heavy atom. The quantitative estimate of drug-likeness (QED) is 0.535. The fraction of sp³-hybridized carbons (Fsp3) is 0.923. The van der Waals surface area contributed by atoms with Gasteiger partial charge in [-0.05, 0) is 39.2 Å². The molecule has 0 spiro atoms. The van der Waals surface area contributed by atoms with E-state index in [1.54, 1.807) is 13.8 Å². The van der Waals surface area contributed by atoms with Gasteiger partial charge in [0.05, 0.1) is 12.2 Å². The molecule has 0 saturated carbocycles. The van der Waals surface area contributed by atoms with Crippen molar-refractivity contribution in [3.63, 3.8) is 0 Å². The van der Waals surface area contributed by atoms with Crippen molar-refractivity contribution in [2.24, 2.45) is 0 Å². The lowest BCUT2D eigenvalue weighted by molar-refractivity contribution is -0.149. The molecule has 1 rings (SSSR count). The van der Waals surface area contributed by atoms with Crippen LogP contribution in [0.3, 0.4) is 0 Å². The minimum Gasteiger partial charge on any atom is -0.462 e. The van der Waals surface area contributed by atoms with Gasteiger partial charge >= 0.3 is 14.1 Å². The van der Waals surface area contributed by atoms with Crippen molar-refractivity contribution in [2.75, 3.05) is 6.61 Å². The number of ether oxygens (including phenoxy) is 2. The third-order valence-corrected chi connectivity index (χ3v) is 4.45. The molecule has 1 saturated heterocycles. The number of rotatable bonds is 7. The van der Waals surface area contributed by atoms with Crippen molar-refractivity contribution in [3.05, 3.63) is 0 Å². The van der Waals surface area contributed by atoms with Crippen LogP contribution < -0.4 is 5.09 Å². The van der Waals surface area contributed by atoms with E-state index in [0.29, 0.717) is 0 Å². The summed E-state index contributed by atoms with van der Waals surface area (Å²) in [4.78, 5) is 11.5. The number of alkyl halides is 1. The SMILES string of the molecule is CC(C)OC(=O)[C@H](C)N[P+](=O)OC[C@H]1O[C@@H](C)[C@](C)(F)[C@@H]1O. The fourth-order valence-corrected chi connectivity index (χ4v) is 2.71. The second-order valence-electron chi connectivity index (χ2n) is 5.80. The average Bonchev–Trinajstić information content (AvgIpc) is 2.59. The molecule has 1 heterocycles. The highest BCUT2D eigenvalue weighted by atomic mass is 31.1. The Morgan fingerprint density at radius 2 is 2.09 bits per heavy atom. The maximum atomic E-state index is 14.0. The van der Waals surface area contributed by atoms with Gasteiger partial charge in [-0.3, -0.25) is 4.79 Å². The van der Waals surface area contributed by atoms with Gasteiger partial charge in [-0.25, -0.2) is 4.39 Å². The van der Waals surface area contributed by atoms with E-state index < -0.39 is 44.2 Å². The highest BCUT2D eigenvalue weighted by molar-refractivity contribution is 7.36.